The molecule has 4 nitrogen and oxygen atoms in total. The van der Waals surface area contributed by atoms with Crippen molar-refractivity contribution in [1.29, 1.82) is 0 Å². The number of carbonyl (C=O) groups excluding carboxylic acids is 1. The highest BCUT2D eigenvalue weighted by Gasteiger charge is 2.22. The second-order valence-electron chi connectivity index (χ2n) is 5.90. The van der Waals surface area contributed by atoms with E-state index in [-0.39, 0.29) is 17.5 Å². The lowest BCUT2D eigenvalue weighted by Gasteiger charge is -2.24. The van der Waals surface area contributed by atoms with Crippen LogP contribution in [0.15, 0.2) is 12.1 Å². The van der Waals surface area contributed by atoms with Crippen LogP contribution in [0.25, 0.3) is 0 Å². The normalized spacial score (nSPS) is 13.1. The summed E-state index contributed by atoms with van der Waals surface area (Å²) < 4.78 is 5.27. The van der Waals surface area contributed by atoms with Gasteiger partial charge in [-0.25, -0.2) is 4.79 Å². The van der Waals surface area contributed by atoms with Crippen molar-refractivity contribution in [3.05, 3.63) is 23.3 Å². The zero-order chi connectivity index (χ0) is 14.8. The maximum atomic E-state index is 11.9. The molecule has 0 radical (unpaired) electrons. The van der Waals surface area contributed by atoms with Crippen LogP contribution < -0.4 is 11.5 Å². The molecule has 0 heterocycles. The number of anilines is 2. The molecule has 1 aromatic rings. The molecule has 0 amide bonds. The molecule has 4 N–H and O–H groups in total. The van der Waals surface area contributed by atoms with Gasteiger partial charge in [0.25, 0.3) is 0 Å². The van der Waals surface area contributed by atoms with Crippen LogP contribution in [0.4, 0.5) is 11.4 Å². The molecule has 1 atom stereocenters. The second-order valence-corrected chi connectivity index (χ2v) is 5.90. The molecular weight excluding hydrogens is 240 g/mol. The van der Waals surface area contributed by atoms with E-state index < -0.39 is 0 Å². The number of hydrogen-bond donors (Lipinski definition) is 2. The fraction of sp³-hybridized carbons (Fsp3) is 0.533. The van der Waals surface area contributed by atoms with Crippen LogP contribution in [0.1, 0.15) is 57.0 Å². The van der Waals surface area contributed by atoms with Gasteiger partial charge in [-0.2, -0.15) is 0 Å². The SMILES string of the molecule is CCC(C)OC(=O)c1cc(N)c(C(C)(C)C)c(N)c1. The number of rotatable bonds is 3. The molecule has 1 aromatic carbocycles. The standard InChI is InChI=1S/C15H24N2O2/c1-6-9(2)19-14(18)10-7-11(16)13(12(17)8-10)15(3,4)5/h7-9H,6,16-17H2,1-5H3. The Labute approximate surface area is 115 Å². The van der Waals surface area contributed by atoms with Crippen LogP contribution in [-0.2, 0) is 10.2 Å². The van der Waals surface area contributed by atoms with Crippen molar-refractivity contribution in [2.45, 2.75) is 52.6 Å². The fourth-order valence-corrected chi connectivity index (χ4v) is 2.01. The van der Waals surface area contributed by atoms with Gasteiger partial charge >= 0.3 is 5.97 Å². The molecule has 0 saturated heterocycles. The molecule has 0 aliphatic carbocycles. The quantitative estimate of drug-likeness (QED) is 0.649. The average Bonchev–Trinajstić information content (AvgIpc) is 2.25. The summed E-state index contributed by atoms with van der Waals surface area (Å²) in [6.45, 7) is 9.92. The van der Waals surface area contributed by atoms with Crippen molar-refractivity contribution in [3.63, 3.8) is 0 Å². The second kappa shape index (κ2) is 5.51. The number of carbonyl (C=O) groups is 1. The number of nitrogens with two attached hydrogens (primary N) is 2. The predicted octanol–water partition coefficient (Wildman–Crippen LogP) is 3.10. The van der Waals surface area contributed by atoms with Crippen molar-refractivity contribution in [3.8, 4) is 0 Å². The van der Waals surface area contributed by atoms with Gasteiger partial charge in [0.2, 0.25) is 0 Å². The van der Waals surface area contributed by atoms with E-state index in [1.165, 1.54) is 0 Å². The van der Waals surface area contributed by atoms with E-state index in [2.05, 4.69) is 0 Å². The Morgan fingerprint density at radius 3 is 2.11 bits per heavy atom. The average molecular weight is 264 g/mol. The highest BCUT2D eigenvalue weighted by molar-refractivity contribution is 5.92. The van der Waals surface area contributed by atoms with Crippen LogP contribution in [0, 0.1) is 0 Å². The molecule has 106 valence electrons. The Balaban J connectivity index is 3.11. The van der Waals surface area contributed by atoms with Crippen molar-refractivity contribution in [2.24, 2.45) is 0 Å². The number of nitrogen functional groups attached to an aromatic ring is 2. The van der Waals surface area contributed by atoms with Crippen LogP contribution in [0.2, 0.25) is 0 Å². The van der Waals surface area contributed by atoms with Crippen LogP contribution in [0.5, 0.6) is 0 Å². The summed E-state index contributed by atoms with van der Waals surface area (Å²) in [4.78, 5) is 11.9. The lowest BCUT2D eigenvalue weighted by atomic mass is 9.84. The predicted molar refractivity (Wildman–Crippen MR) is 79.1 cm³/mol. The van der Waals surface area contributed by atoms with Gasteiger partial charge in [-0.3, -0.25) is 0 Å². The molecular formula is C15H24N2O2. The highest BCUT2D eigenvalue weighted by atomic mass is 16.5. The van der Waals surface area contributed by atoms with Crippen LogP contribution >= 0.6 is 0 Å². The molecule has 0 saturated carbocycles. The third-order valence-corrected chi connectivity index (χ3v) is 3.07. The summed E-state index contributed by atoms with van der Waals surface area (Å²) in [5, 5.41) is 0. The third-order valence-electron chi connectivity index (χ3n) is 3.07. The Bertz CT molecular complexity index is 453. The smallest absolute Gasteiger partial charge is 0.338 e. The first-order valence-corrected chi connectivity index (χ1v) is 6.57. The monoisotopic (exact) mass is 264 g/mol. The molecule has 0 aliphatic heterocycles. The summed E-state index contributed by atoms with van der Waals surface area (Å²) in [5.74, 6) is -0.381. The Kier molecular flexibility index (Phi) is 4.45. The van der Waals surface area contributed by atoms with Gasteiger partial charge < -0.3 is 16.2 Å². The molecule has 0 bridgehead atoms. The van der Waals surface area contributed by atoms with Gasteiger partial charge in [0.1, 0.15) is 0 Å². The highest BCUT2D eigenvalue weighted by Crippen LogP contribution is 2.34. The first kappa shape index (κ1) is 15.3. The van der Waals surface area contributed by atoms with E-state index in [9.17, 15) is 4.79 Å². The van der Waals surface area contributed by atoms with Gasteiger partial charge in [-0.05, 0) is 30.9 Å². The van der Waals surface area contributed by atoms with E-state index in [1.54, 1.807) is 12.1 Å². The lowest BCUT2D eigenvalue weighted by Crippen LogP contribution is -2.19. The van der Waals surface area contributed by atoms with Crippen LogP contribution in [-0.4, -0.2) is 12.1 Å². The third kappa shape index (κ3) is 3.63. The summed E-state index contributed by atoms with van der Waals surface area (Å²) in [6, 6.07) is 3.28. The number of hydrogen-bond acceptors (Lipinski definition) is 4. The summed E-state index contributed by atoms with van der Waals surface area (Å²) in [7, 11) is 0. The minimum Gasteiger partial charge on any atom is -0.459 e. The van der Waals surface area contributed by atoms with E-state index in [1.807, 2.05) is 34.6 Å². The fourth-order valence-electron chi connectivity index (χ4n) is 2.01. The Morgan fingerprint density at radius 1 is 1.26 bits per heavy atom. The van der Waals surface area contributed by atoms with Gasteiger partial charge in [-0.15, -0.1) is 0 Å². The molecule has 0 spiro atoms. The van der Waals surface area contributed by atoms with Gasteiger partial charge in [0, 0.05) is 16.9 Å². The maximum Gasteiger partial charge on any atom is 0.338 e. The largest absolute Gasteiger partial charge is 0.459 e. The summed E-state index contributed by atoms with van der Waals surface area (Å²) >= 11 is 0. The number of benzene rings is 1. The molecule has 1 unspecified atom stereocenters. The number of ether oxygens (including phenoxy) is 1. The molecule has 0 aromatic heterocycles. The molecule has 1 rings (SSSR count). The topological polar surface area (TPSA) is 78.3 Å². The Morgan fingerprint density at radius 2 is 1.74 bits per heavy atom. The summed E-state index contributed by atoms with van der Waals surface area (Å²) in [6.07, 6.45) is 0.661. The molecule has 0 fully saturated rings. The molecule has 19 heavy (non-hydrogen) atoms. The van der Waals surface area contributed by atoms with E-state index in [0.717, 1.165) is 12.0 Å². The minimum atomic E-state index is -0.381. The van der Waals surface area contributed by atoms with Crippen molar-refractivity contribution < 1.29 is 9.53 Å². The van der Waals surface area contributed by atoms with Gasteiger partial charge in [0.05, 0.1) is 11.7 Å². The van der Waals surface area contributed by atoms with Gasteiger partial charge in [0.15, 0.2) is 0 Å². The Hall–Kier alpha value is -1.71. The van der Waals surface area contributed by atoms with E-state index in [0.29, 0.717) is 16.9 Å². The maximum absolute atomic E-state index is 11.9. The van der Waals surface area contributed by atoms with Crippen molar-refractivity contribution in [2.75, 3.05) is 11.5 Å². The zero-order valence-electron chi connectivity index (χ0n) is 12.4. The lowest BCUT2D eigenvalue weighted by molar-refractivity contribution is 0.0334. The zero-order valence-corrected chi connectivity index (χ0v) is 12.4. The number of esters is 1. The summed E-state index contributed by atoms with van der Waals surface area (Å²) in [5.41, 5.74) is 14.2. The first-order chi connectivity index (χ1) is 8.66. The first-order valence-electron chi connectivity index (χ1n) is 6.57. The van der Waals surface area contributed by atoms with Crippen molar-refractivity contribution >= 4 is 17.3 Å². The van der Waals surface area contributed by atoms with Crippen molar-refractivity contribution in [1.82, 2.24) is 0 Å². The van der Waals surface area contributed by atoms with Gasteiger partial charge in [-0.1, -0.05) is 27.7 Å². The minimum absolute atomic E-state index is 0.114. The molecule has 0 aliphatic rings. The molecule has 4 heteroatoms. The van der Waals surface area contributed by atoms with E-state index in [4.69, 9.17) is 16.2 Å². The van der Waals surface area contributed by atoms with Crippen LogP contribution in [0.3, 0.4) is 0 Å². The van der Waals surface area contributed by atoms with E-state index >= 15 is 0 Å².